The first-order valence-electron chi connectivity index (χ1n) is 10.4. The van der Waals surface area contributed by atoms with Crippen molar-refractivity contribution in [1.29, 1.82) is 0 Å². The maximum atomic E-state index is 13.4. The van der Waals surface area contributed by atoms with Crippen LogP contribution in [-0.4, -0.2) is 29.1 Å². The molecule has 0 aliphatic rings. The normalized spacial score (nSPS) is 11.0. The van der Waals surface area contributed by atoms with Crippen molar-refractivity contribution in [2.24, 2.45) is 12.2 Å². The summed E-state index contributed by atoms with van der Waals surface area (Å²) in [7, 11) is 3.19. The molecule has 1 aromatic heterocycles. The molecule has 4 aromatic rings. The van der Waals surface area contributed by atoms with Crippen LogP contribution in [0.2, 0.25) is 0 Å². The molecular formula is C26H22FN3O3S. The van der Waals surface area contributed by atoms with Crippen molar-refractivity contribution in [3.63, 3.8) is 0 Å². The van der Waals surface area contributed by atoms with E-state index in [1.54, 1.807) is 35.2 Å². The van der Waals surface area contributed by atoms with Crippen molar-refractivity contribution < 1.29 is 18.8 Å². The number of halogens is 1. The minimum absolute atomic E-state index is 0.128. The fourth-order valence-electron chi connectivity index (χ4n) is 3.34. The van der Waals surface area contributed by atoms with E-state index in [4.69, 9.17) is 14.7 Å². The van der Waals surface area contributed by atoms with Crippen molar-refractivity contribution in [2.45, 2.75) is 16.5 Å². The van der Waals surface area contributed by atoms with E-state index in [9.17, 15) is 9.18 Å². The number of rotatable bonds is 8. The molecule has 0 bridgehead atoms. The van der Waals surface area contributed by atoms with Crippen LogP contribution in [0.1, 0.15) is 21.5 Å². The third-order valence-electron chi connectivity index (χ3n) is 4.95. The zero-order valence-corrected chi connectivity index (χ0v) is 19.5. The van der Waals surface area contributed by atoms with Gasteiger partial charge in [0.05, 0.1) is 24.5 Å². The van der Waals surface area contributed by atoms with Gasteiger partial charge >= 0.3 is 5.97 Å². The molecule has 172 valence electrons. The van der Waals surface area contributed by atoms with Gasteiger partial charge in [0.1, 0.15) is 23.1 Å². The topological polar surface area (TPSA) is 65.7 Å². The molecule has 6 nitrogen and oxygen atoms in total. The number of benzene rings is 3. The maximum Gasteiger partial charge on any atom is 0.339 e. The lowest BCUT2D eigenvalue weighted by Gasteiger charge is -2.08. The number of esters is 1. The Morgan fingerprint density at radius 2 is 1.85 bits per heavy atom. The summed E-state index contributed by atoms with van der Waals surface area (Å²) in [5.74, 6) is -0.742. The number of carbonyl (C=O) groups is 1. The van der Waals surface area contributed by atoms with Crippen molar-refractivity contribution in [3.05, 3.63) is 101 Å². The van der Waals surface area contributed by atoms with E-state index < -0.39 is 5.97 Å². The SMILES string of the molecule is COC(=O)c1ccccc1Sc1c(C=NOCc2cccc(F)c2)c(-c2ccccc2)nn1C. The van der Waals surface area contributed by atoms with Gasteiger partial charge < -0.3 is 9.57 Å². The van der Waals surface area contributed by atoms with E-state index in [1.807, 2.05) is 49.5 Å². The number of hydrogen-bond acceptors (Lipinski definition) is 6. The summed E-state index contributed by atoms with van der Waals surface area (Å²) in [5.41, 5.74) is 3.51. The summed E-state index contributed by atoms with van der Waals surface area (Å²) in [4.78, 5) is 18.4. The highest BCUT2D eigenvalue weighted by atomic mass is 32.2. The second-order valence-electron chi connectivity index (χ2n) is 7.28. The molecule has 0 aliphatic heterocycles. The van der Waals surface area contributed by atoms with E-state index in [1.165, 1.54) is 31.0 Å². The van der Waals surface area contributed by atoms with E-state index in [0.29, 0.717) is 11.1 Å². The highest BCUT2D eigenvalue weighted by Crippen LogP contribution is 2.36. The monoisotopic (exact) mass is 475 g/mol. The smallest absolute Gasteiger partial charge is 0.339 e. The molecule has 0 saturated carbocycles. The van der Waals surface area contributed by atoms with Gasteiger partial charge in [0.2, 0.25) is 0 Å². The van der Waals surface area contributed by atoms with Crippen LogP contribution in [0.15, 0.2) is 93.9 Å². The van der Waals surface area contributed by atoms with Gasteiger partial charge in [-0.05, 0) is 29.8 Å². The number of aryl methyl sites for hydroxylation is 1. The highest BCUT2D eigenvalue weighted by molar-refractivity contribution is 7.99. The Balaban J connectivity index is 1.68. The number of ether oxygens (including phenoxy) is 1. The highest BCUT2D eigenvalue weighted by Gasteiger charge is 2.20. The number of aromatic nitrogens is 2. The Labute approximate surface area is 201 Å². The molecular weight excluding hydrogens is 453 g/mol. The number of carbonyl (C=O) groups excluding carboxylic acids is 1. The molecule has 0 amide bonds. The first-order chi connectivity index (χ1) is 16.6. The average Bonchev–Trinajstić information content (AvgIpc) is 3.17. The van der Waals surface area contributed by atoms with Crippen LogP contribution in [-0.2, 0) is 23.2 Å². The number of methoxy groups -OCH3 is 1. The van der Waals surface area contributed by atoms with Gasteiger partial charge in [0.15, 0.2) is 0 Å². The standard InChI is InChI=1S/C26H22FN3O3S/c1-30-25(34-23-14-7-6-13-21(23)26(31)32-2)22(24(29-30)19-10-4-3-5-11-19)16-28-33-17-18-9-8-12-20(27)15-18/h3-16H,17H2,1-2H3. The Morgan fingerprint density at radius 3 is 2.62 bits per heavy atom. The molecule has 0 unspecified atom stereocenters. The number of nitrogens with zero attached hydrogens (tertiary/aromatic N) is 3. The molecule has 1 heterocycles. The number of hydrogen-bond donors (Lipinski definition) is 0. The number of oxime groups is 1. The van der Waals surface area contributed by atoms with Crippen molar-refractivity contribution in [2.75, 3.05) is 7.11 Å². The molecule has 0 spiro atoms. The van der Waals surface area contributed by atoms with Gasteiger partial charge in [-0.25, -0.2) is 9.18 Å². The zero-order valence-electron chi connectivity index (χ0n) is 18.6. The molecule has 0 fully saturated rings. The molecule has 0 aliphatic carbocycles. The lowest BCUT2D eigenvalue weighted by Crippen LogP contribution is -2.03. The van der Waals surface area contributed by atoms with E-state index in [0.717, 1.165) is 26.7 Å². The molecule has 0 radical (unpaired) electrons. The van der Waals surface area contributed by atoms with Crippen molar-refractivity contribution >= 4 is 23.9 Å². The van der Waals surface area contributed by atoms with Gasteiger partial charge in [-0.15, -0.1) is 0 Å². The van der Waals surface area contributed by atoms with Gasteiger partial charge in [-0.2, -0.15) is 5.10 Å². The molecule has 0 atom stereocenters. The zero-order chi connectivity index (χ0) is 23.9. The van der Waals surface area contributed by atoms with E-state index in [2.05, 4.69) is 5.16 Å². The quantitative estimate of drug-likeness (QED) is 0.185. The van der Waals surface area contributed by atoms with Crippen LogP contribution >= 0.6 is 11.8 Å². The van der Waals surface area contributed by atoms with Crippen LogP contribution in [0.3, 0.4) is 0 Å². The average molecular weight is 476 g/mol. The van der Waals surface area contributed by atoms with Gasteiger partial charge in [0, 0.05) is 17.5 Å². The van der Waals surface area contributed by atoms with Crippen LogP contribution < -0.4 is 0 Å². The lowest BCUT2D eigenvalue weighted by atomic mass is 10.1. The third kappa shape index (κ3) is 5.35. The minimum atomic E-state index is -0.415. The Bertz CT molecular complexity index is 1320. The first kappa shape index (κ1) is 23.3. The van der Waals surface area contributed by atoms with Crippen LogP contribution in [0.25, 0.3) is 11.3 Å². The summed E-state index contributed by atoms with van der Waals surface area (Å²) >= 11 is 1.39. The molecule has 8 heteroatoms. The minimum Gasteiger partial charge on any atom is -0.465 e. The van der Waals surface area contributed by atoms with Crippen LogP contribution in [0.5, 0.6) is 0 Å². The van der Waals surface area contributed by atoms with Gasteiger partial charge in [-0.3, -0.25) is 4.68 Å². The Hall–Kier alpha value is -3.91. The van der Waals surface area contributed by atoms with Gasteiger partial charge in [0.25, 0.3) is 0 Å². The summed E-state index contributed by atoms with van der Waals surface area (Å²) in [6, 6.07) is 23.1. The molecule has 0 saturated heterocycles. The van der Waals surface area contributed by atoms with Crippen molar-refractivity contribution in [3.8, 4) is 11.3 Å². The predicted octanol–water partition coefficient (Wildman–Crippen LogP) is 5.71. The Morgan fingerprint density at radius 1 is 1.09 bits per heavy atom. The summed E-state index contributed by atoms with van der Waals surface area (Å²) < 4.78 is 20.1. The van der Waals surface area contributed by atoms with Crippen molar-refractivity contribution in [1.82, 2.24) is 9.78 Å². The first-order valence-corrected chi connectivity index (χ1v) is 11.3. The fraction of sp³-hybridized carbons (Fsp3) is 0.115. The molecule has 4 rings (SSSR count). The Kier molecular flexibility index (Phi) is 7.39. The summed E-state index contributed by atoms with van der Waals surface area (Å²) in [5, 5.41) is 9.61. The summed E-state index contributed by atoms with van der Waals surface area (Å²) in [6.45, 7) is 0.128. The van der Waals surface area contributed by atoms with Crippen LogP contribution in [0, 0.1) is 5.82 Å². The largest absolute Gasteiger partial charge is 0.465 e. The predicted molar refractivity (Wildman–Crippen MR) is 129 cm³/mol. The second kappa shape index (κ2) is 10.8. The molecule has 0 N–H and O–H groups in total. The summed E-state index contributed by atoms with van der Waals surface area (Å²) in [6.07, 6.45) is 1.59. The van der Waals surface area contributed by atoms with Gasteiger partial charge in [-0.1, -0.05) is 71.5 Å². The van der Waals surface area contributed by atoms with Crippen LogP contribution in [0.4, 0.5) is 4.39 Å². The lowest BCUT2D eigenvalue weighted by molar-refractivity contribution is 0.0597. The maximum absolute atomic E-state index is 13.4. The fourth-order valence-corrected chi connectivity index (χ4v) is 4.39. The second-order valence-corrected chi connectivity index (χ2v) is 8.32. The molecule has 3 aromatic carbocycles. The van der Waals surface area contributed by atoms with E-state index in [-0.39, 0.29) is 12.4 Å². The molecule has 34 heavy (non-hydrogen) atoms. The third-order valence-corrected chi connectivity index (χ3v) is 6.21. The van der Waals surface area contributed by atoms with E-state index >= 15 is 0 Å².